The number of fused-ring (bicyclic) bond motifs is 5. The molecule has 1 aliphatic heterocycles. The summed E-state index contributed by atoms with van der Waals surface area (Å²) in [5.74, 6) is -4.33. The molecule has 7 unspecified atom stereocenters. The molecule has 3 aromatic rings. The van der Waals surface area contributed by atoms with E-state index in [1.54, 1.807) is 94.4 Å². The molecule has 1 saturated heterocycles. The van der Waals surface area contributed by atoms with Crippen molar-refractivity contribution in [2.75, 3.05) is 13.4 Å². The van der Waals surface area contributed by atoms with E-state index in [9.17, 15) is 29.5 Å². The minimum Gasteiger partial charge on any atom is -0.458 e. The second-order valence-electron chi connectivity index (χ2n) is 18.4. The molecule has 7 rings (SSSR count). The highest BCUT2D eigenvalue weighted by Crippen LogP contribution is 2.64. The van der Waals surface area contributed by atoms with Crippen molar-refractivity contribution in [3.05, 3.63) is 119 Å². The fourth-order valence-corrected chi connectivity index (χ4v) is 10.9. The number of phosphoric acid groups is 1. The molecule has 3 aromatic carbocycles. The van der Waals surface area contributed by atoms with Crippen LogP contribution in [0.3, 0.4) is 0 Å². The van der Waals surface area contributed by atoms with Crippen LogP contribution in [-0.4, -0.2) is 88.2 Å². The van der Waals surface area contributed by atoms with Crippen LogP contribution in [0.2, 0.25) is 0 Å². The Bertz CT molecular complexity index is 2170. The monoisotopic (exact) mass is 890 g/mol. The van der Waals surface area contributed by atoms with Gasteiger partial charge < -0.3 is 34.3 Å². The number of Topliss-reactive ketones (excluding diaryl/α,β-unsaturated/α-hetero) is 1. The maximum Gasteiger partial charge on any atom is 0.477 e. The molecule has 10 atom stereocenters. The number of hydrogen-bond donors (Lipinski definition) is 3. The number of carbonyl (C=O) groups excluding carboxylic acids is 3. The minimum atomic E-state index is -4.39. The first-order chi connectivity index (χ1) is 29.8. The molecule has 2 saturated carbocycles. The van der Waals surface area contributed by atoms with Crippen LogP contribution in [0.4, 0.5) is 0 Å². The minimum absolute atomic E-state index is 0.0822. The number of carbonyl (C=O) groups is 3. The Morgan fingerprint density at radius 1 is 0.841 bits per heavy atom. The molecule has 3 fully saturated rings. The topological polar surface area (TPSA) is 194 Å². The second-order valence-corrected chi connectivity index (χ2v) is 20.1. The smallest absolute Gasteiger partial charge is 0.458 e. The van der Waals surface area contributed by atoms with Crippen LogP contribution in [0.5, 0.6) is 0 Å². The van der Waals surface area contributed by atoms with Gasteiger partial charge in [-0.1, -0.05) is 113 Å². The lowest BCUT2D eigenvalue weighted by molar-refractivity contribution is -0.349. The Balaban J connectivity index is 1.29. The van der Waals surface area contributed by atoms with Crippen molar-refractivity contribution in [1.82, 2.24) is 0 Å². The highest BCUT2D eigenvalue weighted by molar-refractivity contribution is 7.48. The van der Waals surface area contributed by atoms with Crippen molar-refractivity contribution in [2.24, 2.45) is 28.6 Å². The van der Waals surface area contributed by atoms with E-state index in [0.717, 1.165) is 0 Å². The van der Waals surface area contributed by atoms with Crippen molar-refractivity contribution in [3.63, 3.8) is 0 Å². The fourth-order valence-electron chi connectivity index (χ4n) is 9.86. The summed E-state index contributed by atoms with van der Waals surface area (Å²) in [5, 5.41) is 38.7. The number of rotatable bonds is 15. The summed E-state index contributed by atoms with van der Waals surface area (Å²) in [4.78, 5) is 43.2. The molecule has 0 aromatic heterocycles. The lowest BCUT2D eigenvalue weighted by Gasteiger charge is -2.67. The van der Waals surface area contributed by atoms with E-state index in [-0.39, 0.29) is 49.7 Å². The average Bonchev–Trinajstić information content (AvgIpc) is 3.26. The SMILES string of the molecule is CC1=C2C(O)C(=O)[C@]3(C)C(OCOP(=O)(OCc4ccccc4)OCc4ccccc4)CC4OC[C@@]4(O)C3C(OC(=O)c3ccccc3)C(O)(CC1OC(=O)[C@H](C)C(C)C)C2(C)C. The first kappa shape index (κ1) is 46.9. The summed E-state index contributed by atoms with van der Waals surface area (Å²) >= 11 is 0. The predicted molar refractivity (Wildman–Crippen MR) is 228 cm³/mol. The number of ketones is 1. The average molecular weight is 891 g/mol. The molecular weight excluding hydrogens is 831 g/mol. The molecule has 0 amide bonds. The molecule has 1 heterocycles. The molecule has 4 aliphatic rings. The number of hydrogen-bond acceptors (Lipinski definition) is 14. The molecular formula is C48H59O14P. The fraction of sp³-hybridized carbons (Fsp3) is 0.521. The van der Waals surface area contributed by atoms with Gasteiger partial charge in [-0.3, -0.25) is 23.2 Å². The number of phosphoric ester groups is 1. The third-order valence-corrected chi connectivity index (χ3v) is 15.5. The van der Waals surface area contributed by atoms with E-state index in [4.69, 9.17) is 32.5 Å². The Morgan fingerprint density at radius 3 is 1.92 bits per heavy atom. The summed E-state index contributed by atoms with van der Waals surface area (Å²) in [6, 6.07) is 26.1. The van der Waals surface area contributed by atoms with Gasteiger partial charge in [-0.05, 0) is 54.2 Å². The zero-order chi connectivity index (χ0) is 45.5. The first-order valence-corrected chi connectivity index (χ1v) is 22.9. The van der Waals surface area contributed by atoms with E-state index >= 15 is 4.79 Å². The van der Waals surface area contributed by atoms with E-state index < -0.39 is 96.7 Å². The van der Waals surface area contributed by atoms with E-state index in [1.807, 2.05) is 26.0 Å². The van der Waals surface area contributed by atoms with E-state index in [2.05, 4.69) is 0 Å². The normalized spacial score (nSPS) is 31.8. The molecule has 0 radical (unpaired) electrons. The van der Waals surface area contributed by atoms with Gasteiger partial charge in [0.1, 0.15) is 29.5 Å². The van der Waals surface area contributed by atoms with Crippen LogP contribution in [-0.2, 0) is 59.9 Å². The summed E-state index contributed by atoms with van der Waals surface area (Å²) < 4.78 is 56.5. The van der Waals surface area contributed by atoms with Gasteiger partial charge in [-0.2, -0.15) is 0 Å². The van der Waals surface area contributed by atoms with Crippen LogP contribution in [0.1, 0.15) is 82.8 Å². The van der Waals surface area contributed by atoms with Gasteiger partial charge in [0.25, 0.3) is 0 Å². The molecule has 63 heavy (non-hydrogen) atoms. The van der Waals surface area contributed by atoms with Crippen molar-refractivity contribution < 1.29 is 66.8 Å². The van der Waals surface area contributed by atoms with E-state index in [1.165, 1.54) is 19.1 Å². The lowest BCUT2D eigenvalue weighted by atomic mass is 9.44. The van der Waals surface area contributed by atoms with Crippen LogP contribution < -0.4 is 0 Å². The Kier molecular flexibility index (Phi) is 13.4. The van der Waals surface area contributed by atoms with Crippen LogP contribution in [0.25, 0.3) is 0 Å². The third kappa shape index (κ3) is 8.62. The largest absolute Gasteiger partial charge is 0.477 e. The van der Waals surface area contributed by atoms with Gasteiger partial charge in [0.15, 0.2) is 12.6 Å². The molecule has 3 aliphatic carbocycles. The van der Waals surface area contributed by atoms with Gasteiger partial charge in [-0.25, -0.2) is 9.36 Å². The summed E-state index contributed by atoms with van der Waals surface area (Å²) in [6.45, 7) is 10.6. The highest BCUT2D eigenvalue weighted by atomic mass is 31.2. The number of aliphatic hydroxyl groups is 3. The third-order valence-electron chi connectivity index (χ3n) is 14.2. The van der Waals surface area contributed by atoms with Crippen molar-refractivity contribution >= 4 is 25.5 Å². The van der Waals surface area contributed by atoms with Crippen LogP contribution in [0.15, 0.2) is 102 Å². The molecule has 2 bridgehead atoms. The zero-order valence-electron chi connectivity index (χ0n) is 36.8. The van der Waals surface area contributed by atoms with Gasteiger partial charge >= 0.3 is 19.8 Å². The summed E-state index contributed by atoms with van der Waals surface area (Å²) in [5.41, 5.74) is -5.61. The quantitative estimate of drug-likeness (QED) is 0.0618. The highest BCUT2D eigenvalue weighted by Gasteiger charge is 2.76. The van der Waals surface area contributed by atoms with Crippen LogP contribution >= 0.6 is 7.82 Å². The number of esters is 2. The van der Waals surface area contributed by atoms with E-state index in [0.29, 0.717) is 16.7 Å². The number of benzene rings is 3. The standard InChI is InChI=1S/C48H59O14P/c1-29(2)30(3)43(51)61-35-24-48(54)42(62-44(52)34-21-15-10-16-22-34)40-46(7,41(50)39(49)38(31(35)4)45(48,5)6)36(23-37-47(40,53)27-56-37)57-28-60-63(55,58-25-32-17-11-8-12-18-32)59-26-33-19-13-9-14-20-33/h8-22,29-30,35-37,39-40,42,49,53-54H,23-28H2,1-7H3/t30-,35?,36?,37?,39?,40?,42?,46-,47+,48?/m1/s1. The molecule has 0 spiro atoms. The van der Waals surface area contributed by atoms with Crippen LogP contribution in [0, 0.1) is 28.6 Å². The summed E-state index contributed by atoms with van der Waals surface area (Å²) in [6.07, 6.45) is -7.48. The second kappa shape index (κ2) is 18.1. The van der Waals surface area contributed by atoms with Crippen molar-refractivity contribution in [1.29, 1.82) is 0 Å². The summed E-state index contributed by atoms with van der Waals surface area (Å²) in [7, 11) is -4.39. The molecule has 14 nitrogen and oxygen atoms in total. The number of aliphatic hydroxyl groups excluding tert-OH is 1. The first-order valence-electron chi connectivity index (χ1n) is 21.5. The molecule has 340 valence electrons. The van der Waals surface area contributed by atoms with Gasteiger partial charge in [0.05, 0.1) is 48.9 Å². The molecule has 3 N–H and O–H groups in total. The maximum absolute atomic E-state index is 15.4. The predicted octanol–water partition coefficient (Wildman–Crippen LogP) is 6.89. The van der Waals surface area contributed by atoms with Gasteiger partial charge in [0.2, 0.25) is 0 Å². The van der Waals surface area contributed by atoms with Crippen molar-refractivity contribution in [3.8, 4) is 0 Å². The maximum atomic E-state index is 15.4. The Labute approximate surface area is 368 Å². The lowest BCUT2D eigenvalue weighted by Crippen LogP contribution is -2.81. The Hall–Kier alpha value is -4.08. The number of ether oxygens (including phenoxy) is 4. The van der Waals surface area contributed by atoms with Gasteiger partial charge in [-0.15, -0.1) is 0 Å². The Morgan fingerprint density at radius 2 is 1.40 bits per heavy atom. The molecule has 15 heteroatoms. The zero-order valence-corrected chi connectivity index (χ0v) is 37.7. The van der Waals surface area contributed by atoms with Crippen molar-refractivity contribution in [2.45, 2.75) is 116 Å². The van der Waals surface area contributed by atoms with Gasteiger partial charge in [0, 0.05) is 24.2 Å².